The van der Waals surface area contributed by atoms with Gasteiger partial charge in [-0.3, -0.25) is 0 Å². The number of hydrogen-bond donors (Lipinski definition) is 1. The second kappa shape index (κ2) is 6.11. The molecule has 0 fully saturated rings. The van der Waals surface area contributed by atoms with Crippen molar-refractivity contribution in [3.63, 3.8) is 0 Å². The summed E-state index contributed by atoms with van der Waals surface area (Å²) in [6.07, 6.45) is 1.93. The molecule has 14 heavy (non-hydrogen) atoms. The van der Waals surface area contributed by atoms with Gasteiger partial charge < -0.3 is 10.6 Å². The molecular weight excluding hydrogens is 212 g/mol. The normalized spacial score (nSPS) is 10.7. The minimum Gasteiger partial charge on any atom is -0.393 e. The van der Waals surface area contributed by atoms with Crippen molar-refractivity contribution in [2.75, 3.05) is 20.1 Å². The average molecular weight is 228 g/mol. The Bertz CT molecular complexity index is 270. The first kappa shape index (κ1) is 11.6. The molecule has 2 N–H and O–H groups in total. The molecule has 0 saturated heterocycles. The van der Waals surface area contributed by atoms with Gasteiger partial charge in [0.2, 0.25) is 0 Å². The molecule has 0 radical (unpaired) electrons. The molecule has 0 bridgehead atoms. The van der Waals surface area contributed by atoms with E-state index in [-0.39, 0.29) is 0 Å². The van der Waals surface area contributed by atoms with Crippen LogP contribution >= 0.6 is 23.6 Å². The highest BCUT2D eigenvalue weighted by atomic mass is 32.1. The molecule has 78 valence electrons. The predicted octanol–water partition coefficient (Wildman–Crippen LogP) is 1.90. The second-order valence-electron chi connectivity index (χ2n) is 3.35. The number of nitrogens with two attached hydrogens (primary N) is 1. The Balaban J connectivity index is 2.15. The van der Waals surface area contributed by atoms with Gasteiger partial charge in [0, 0.05) is 24.4 Å². The van der Waals surface area contributed by atoms with Crippen molar-refractivity contribution >= 4 is 28.5 Å². The molecular formula is C10H16N2S2. The van der Waals surface area contributed by atoms with E-state index in [1.54, 1.807) is 0 Å². The van der Waals surface area contributed by atoms with Crippen molar-refractivity contribution in [2.24, 2.45) is 5.73 Å². The molecule has 1 aromatic heterocycles. The molecule has 0 aliphatic heterocycles. The SMILES string of the molecule is CN(CCC(N)=S)CCc1cccs1. The average Bonchev–Trinajstić information content (AvgIpc) is 2.63. The number of nitrogens with zero attached hydrogens (tertiary/aromatic N) is 1. The third-order valence-electron chi connectivity index (χ3n) is 2.06. The van der Waals surface area contributed by atoms with Crippen LogP contribution in [-0.4, -0.2) is 30.0 Å². The zero-order chi connectivity index (χ0) is 10.4. The number of thiophene rings is 1. The van der Waals surface area contributed by atoms with Gasteiger partial charge in [0.25, 0.3) is 0 Å². The van der Waals surface area contributed by atoms with E-state index in [0.29, 0.717) is 4.99 Å². The summed E-state index contributed by atoms with van der Waals surface area (Å²) in [6.45, 7) is 2.03. The molecule has 1 rings (SSSR count). The molecule has 0 aliphatic rings. The van der Waals surface area contributed by atoms with Gasteiger partial charge in [0.15, 0.2) is 0 Å². The van der Waals surface area contributed by atoms with Crippen molar-refractivity contribution in [1.29, 1.82) is 0 Å². The van der Waals surface area contributed by atoms with Crippen LogP contribution in [-0.2, 0) is 6.42 Å². The quantitative estimate of drug-likeness (QED) is 0.754. The maximum absolute atomic E-state index is 5.44. The second-order valence-corrected chi connectivity index (χ2v) is 4.91. The van der Waals surface area contributed by atoms with Crippen LogP contribution in [0, 0.1) is 0 Å². The van der Waals surface area contributed by atoms with Gasteiger partial charge >= 0.3 is 0 Å². The molecule has 0 aromatic carbocycles. The molecule has 0 saturated carbocycles. The molecule has 1 heterocycles. The fourth-order valence-corrected chi connectivity index (χ4v) is 1.96. The summed E-state index contributed by atoms with van der Waals surface area (Å²) in [5.41, 5.74) is 5.44. The minimum absolute atomic E-state index is 0.605. The van der Waals surface area contributed by atoms with Gasteiger partial charge in [-0.25, -0.2) is 0 Å². The minimum atomic E-state index is 0.605. The summed E-state index contributed by atoms with van der Waals surface area (Å²) in [5, 5.41) is 2.12. The Morgan fingerprint density at radius 3 is 2.93 bits per heavy atom. The standard InChI is InChI=1S/C10H16N2S2/c1-12(7-5-10(11)13)6-4-9-3-2-8-14-9/h2-3,8H,4-7H2,1H3,(H2,11,13). The third-order valence-corrected chi connectivity index (χ3v) is 3.20. The van der Waals surface area contributed by atoms with Crippen LogP contribution in [0.2, 0.25) is 0 Å². The maximum Gasteiger partial charge on any atom is 0.0740 e. The number of hydrogen-bond acceptors (Lipinski definition) is 3. The van der Waals surface area contributed by atoms with Crippen LogP contribution in [0.1, 0.15) is 11.3 Å². The van der Waals surface area contributed by atoms with Crippen LogP contribution in [0.15, 0.2) is 17.5 Å². The monoisotopic (exact) mass is 228 g/mol. The van der Waals surface area contributed by atoms with Crippen LogP contribution in [0.25, 0.3) is 0 Å². The van der Waals surface area contributed by atoms with Gasteiger partial charge in [0.1, 0.15) is 0 Å². The van der Waals surface area contributed by atoms with E-state index in [0.717, 1.165) is 25.9 Å². The molecule has 1 aromatic rings. The smallest absolute Gasteiger partial charge is 0.0740 e. The van der Waals surface area contributed by atoms with E-state index in [2.05, 4.69) is 29.5 Å². The van der Waals surface area contributed by atoms with Crippen molar-refractivity contribution in [2.45, 2.75) is 12.8 Å². The predicted molar refractivity (Wildman–Crippen MR) is 66.9 cm³/mol. The van der Waals surface area contributed by atoms with Gasteiger partial charge in [-0.1, -0.05) is 18.3 Å². The van der Waals surface area contributed by atoms with Gasteiger partial charge in [-0.15, -0.1) is 11.3 Å². The van der Waals surface area contributed by atoms with E-state index in [4.69, 9.17) is 18.0 Å². The highest BCUT2D eigenvalue weighted by molar-refractivity contribution is 7.80. The summed E-state index contributed by atoms with van der Waals surface area (Å²) in [5.74, 6) is 0. The van der Waals surface area contributed by atoms with Crippen LogP contribution < -0.4 is 5.73 Å². The van der Waals surface area contributed by atoms with Crippen molar-refractivity contribution in [1.82, 2.24) is 4.90 Å². The zero-order valence-corrected chi connectivity index (χ0v) is 10.0. The summed E-state index contributed by atoms with van der Waals surface area (Å²) in [7, 11) is 2.10. The van der Waals surface area contributed by atoms with E-state index in [1.165, 1.54) is 4.88 Å². The Labute approximate surface area is 94.7 Å². The zero-order valence-electron chi connectivity index (χ0n) is 8.40. The van der Waals surface area contributed by atoms with Crippen LogP contribution in [0.3, 0.4) is 0 Å². The topological polar surface area (TPSA) is 29.3 Å². The van der Waals surface area contributed by atoms with Crippen molar-refractivity contribution < 1.29 is 0 Å². The lowest BCUT2D eigenvalue weighted by atomic mass is 10.3. The lowest BCUT2D eigenvalue weighted by Crippen LogP contribution is -2.25. The molecule has 2 nitrogen and oxygen atoms in total. The van der Waals surface area contributed by atoms with Gasteiger partial charge in [0.05, 0.1) is 4.99 Å². The summed E-state index contributed by atoms with van der Waals surface area (Å²) < 4.78 is 0. The third kappa shape index (κ3) is 4.69. The highest BCUT2D eigenvalue weighted by Gasteiger charge is 2.00. The van der Waals surface area contributed by atoms with Crippen molar-refractivity contribution in [3.8, 4) is 0 Å². The van der Waals surface area contributed by atoms with Gasteiger partial charge in [-0.05, 0) is 24.9 Å². The number of likely N-dealkylation sites (N-methyl/N-ethyl adjacent to an activating group) is 1. The molecule has 0 unspecified atom stereocenters. The van der Waals surface area contributed by atoms with E-state index < -0.39 is 0 Å². The lowest BCUT2D eigenvalue weighted by molar-refractivity contribution is 0.350. The van der Waals surface area contributed by atoms with E-state index in [9.17, 15) is 0 Å². The molecule has 0 atom stereocenters. The fourth-order valence-electron chi connectivity index (χ4n) is 1.17. The molecule has 0 amide bonds. The Kier molecular flexibility index (Phi) is 5.07. The molecule has 4 heteroatoms. The highest BCUT2D eigenvalue weighted by Crippen LogP contribution is 2.09. The number of thiocarbonyl (C=S) groups is 1. The van der Waals surface area contributed by atoms with E-state index in [1.807, 2.05) is 11.3 Å². The number of rotatable bonds is 6. The molecule has 0 aliphatic carbocycles. The first-order valence-electron chi connectivity index (χ1n) is 4.67. The summed E-state index contributed by atoms with van der Waals surface area (Å²) >= 11 is 6.64. The Hall–Kier alpha value is -0.450. The van der Waals surface area contributed by atoms with Crippen LogP contribution in [0.4, 0.5) is 0 Å². The summed E-state index contributed by atoms with van der Waals surface area (Å²) in [4.78, 5) is 4.30. The molecule has 0 spiro atoms. The summed E-state index contributed by atoms with van der Waals surface area (Å²) in [6, 6.07) is 4.26. The lowest BCUT2D eigenvalue weighted by Gasteiger charge is -2.15. The maximum atomic E-state index is 5.44. The van der Waals surface area contributed by atoms with Gasteiger partial charge in [-0.2, -0.15) is 0 Å². The largest absolute Gasteiger partial charge is 0.393 e. The van der Waals surface area contributed by atoms with Crippen molar-refractivity contribution in [3.05, 3.63) is 22.4 Å². The Morgan fingerprint density at radius 1 is 1.57 bits per heavy atom. The van der Waals surface area contributed by atoms with Crippen LogP contribution in [0.5, 0.6) is 0 Å². The van der Waals surface area contributed by atoms with E-state index >= 15 is 0 Å². The fraction of sp³-hybridized carbons (Fsp3) is 0.500. The first-order valence-corrected chi connectivity index (χ1v) is 5.96. The first-order chi connectivity index (χ1) is 6.68. The Morgan fingerprint density at radius 2 is 2.36 bits per heavy atom.